The summed E-state index contributed by atoms with van der Waals surface area (Å²) in [5.41, 5.74) is -1.82. The molecule has 0 amide bonds. The molecule has 1 fully saturated rings. The maximum absolute atomic E-state index is 15.2. The Bertz CT molecular complexity index is 685. The lowest BCUT2D eigenvalue weighted by molar-refractivity contribution is -0.274. The van der Waals surface area contributed by atoms with Crippen molar-refractivity contribution < 1.29 is 36.3 Å². The number of hydrogen-bond acceptors (Lipinski definition) is 4. The quantitative estimate of drug-likeness (QED) is 0.510. The van der Waals surface area contributed by atoms with Crippen molar-refractivity contribution in [3.8, 4) is 5.75 Å². The summed E-state index contributed by atoms with van der Waals surface area (Å²) in [4.78, 5) is 0. The molecule has 2 rings (SSSR count). The van der Waals surface area contributed by atoms with Crippen LogP contribution in [0.5, 0.6) is 5.75 Å². The van der Waals surface area contributed by atoms with Gasteiger partial charge >= 0.3 is 13.5 Å². The van der Waals surface area contributed by atoms with Gasteiger partial charge < -0.3 is 18.8 Å². The molecular weight excluding hydrogens is 367 g/mol. The average molecular weight is 390 g/mol. The molecule has 0 aliphatic carbocycles. The van der Waals surface area contributed by atoms with Gasteiger partial charge in [0.25, 0.3) is 0 Å². The third-order valence-electron chi connectivity index (χ3n) is 4.72. The number of alkyl halides is 3. The molecular formula is C18H23BF4O4. The maximum Gasteiger partial charge on any atom is 0.573 e. The van der Waals surface area contributed by atoms with Crippen LogP contribution in [0.25, 0.3) is 5.57 Å². The predicted molar refractivity (Wildman–Crippen MR) is 93.7 cm³/mol. The van der Waals surface area contributed by atoms with Gasteiger partial charge in [-0.05, 0) is 57.4 Å². The minimum Gasteiger partial charge on any atom is -0.406 e. The zero-order valence-electron chi connectivity index (χ0n) is 15.9. The van der Waals surface area contributed by atoms with Crippen molar-refractivity contribution in [2.45, 2.75) is 51.7 Å². The molecule has 0 radical (unpaired) electrons. The Labute approximate surface area is 156 Å². The molecule has 0 unspecified atom stereocenters. The highest BCUT2D eigenvalue weighted by molar-refractivity contribution is 6.55. The van der Waals surface area contributed by atoms with Crippen LogP contribution >= 0.6 is 0 Å². The average Bonchev–Trinajstić information content (AvgIpc) is 2.74. The molecule has 1 aliphatic heterocycles. The molecule has 1 aliphatic rings. The van der Waals surface area contributed by atoms with E-state index >= 15 is 4.39 Å². The van der Waals surface area contributed by atoms with E-state index in [1.807, 2.05) is 0 Å². The van der Waals surface area contributed by atoms with E-state index < -0.39 is 36.2 Å². The first-order valence-electron chi connectivity index (χ1n) is 8.45. The molecule has 0 saturated carbocycles. The highest BCUT2D eigenvalue weighted by atomic mass is 19.4. The van der Waals surface area contributed by atoms with E-state index in [2.05, 4.69) is 4.74 Å². The van der Waals surface area contributed by atoms with Crippen LogP contribution in [0.2, 0.25) is 0 Å². The zero-order valence-corrected chi connectivity index (χ0v) is 15.9. The van der Waals surface area contributed by atoms with Crippen LogP contribution in [0.1, 0.15) is 39.7 Å². The number of hydrogen-bond donors (Lipinski definition) is 0. The largest absolute Gasteiger partial charge is 0.573 e. The summed E-state index contributed by atoms with van der Waals surface area (Å²) in [7, 11) is 0.196. The Kier molecular flexibility index (Phi) is 6.28. The van der Waals surface area contributed by atoms with Crippen LogP contribution in [-0.4, -0.2) is 38.4 Å². The second-order valence-electron chi connectivity index (χ2n) is 7.23. The number of ether oxygens (including phenoxy) is 2. The monoisotopic (exact) mass is 390 g/mol. The van der Waals surface area contributed by atoms with Crippen molar-refractivity contribution in [1.29, 1.82) is 0 Å². The van der Waals surface area contributed by atoms with E-state index in [9.17, 15) is 13.2 Å². The Balaban J connectivity index is 2.40. The van der Waals surface area contributed by atoms with Gasteiger partial charge in [0.15, 0.2) is 0 Å². The Hall–Kier alpha value is -1.58. The Morgan fingerprint density at radius 1 is 1.11 bits per heavy atom. The van der Waals surface area contributed by atoms with Crippen LogP contribution in [0, 0.1) is 0 Å². The second kappa shape index (κ2) is 7.81. The van der Waals surface area contributed by atoms with Crippen molar-refractivity contribution in [3.05, 3.63) is 35.6 Å². The molecule has 1 aromatic carbocycles. The third-order valence-corrected chi connectivity index (χ3v) is 4.72. The molecule has 4 nitrogen and oxygen atoms in total. The lowest BCUT2D eigenvalue weighted by Gasteiger charge is -2.32. The smallest absolute Gasteiger partial charge is 0.406 e. The van der Waals surface area contributed by atoms with E-state index in [0.717, 1.165) is 12.1 Å². The molecule has 0 spiro atoms. The standard InChI is InChI=1S/C18H23BF4O4/c1-16(2)17(3,4)27-19(26-16)15(20)14(9-10-24-5)12-7-6-8-13(11-12)25-18(21,22)23/h6-8,11H,9-10H2,1-5H3. The first-order valence-corrected chi connectivity index (χ1v) is 8.45. The number of halogens is 4. The first-order chi connectivity index (χ1) is 12.4. The highest BCUT2D eigenvalue weighted by Crippen LogP contribution is 2.41. The fourth-order valence-corrected chi connectivity index (χ4v) is 2.58. The fourth-order valence-electron chi connectivity index (χ4n) is 2.58. The van der Waals surface area contributed by atoms with Gasteiger partial charge in [0, 0.05) is 7.11 Å². The van der Waals surface area contributed by atoms with Gasteiger partial charge in [-0.1, -0.05) is 12.1 Å². The van der Waals surface area contributed by atoms with Crippen molar-refractivity contribution in [2.24, 2.45) is 0 Å². The number of benzene rings is 1. The van der Waals surface area contributed by atoms with Gasteiger partial charge in [-0.15, -0.1) is 13.2 Å². The topological polar surface area (TPSA) is 36.9 Å². The normalized spacial score (nSPS) is 19.8. The third kappa shape index (κ3) is 5.24. The molecule has 1 aromatic rings. The van der Waals surface area contributed by atoms with Gasteiger partial charge in [0.05, 0.1) is 17.8 Å². The van der Waals surface area contributed by atoms with Crippen LogP contribution in [0.3, 0.4) is 0 Å². The minimum atomic E-state index is -4.83. The van der Waals surface area contributed by atoms with Gasteiger partial charge in [-0.2, -0.15) is 0 Å². The number of methoxy groups -OCH3 is 1. The van der Waals surface area contributed by atoms with Gasteiger partial charge in [-0.3, -0.25) is 0 Å². The van der Waals surface area contributed by atoms with E-state index in [0.29, 0.717) is 0 Å². The summed E-state index contributed by atoms with van der Waals surface area (Å²) in [5.74, 6) is -0.434. The Morgan fingerprint density at radius 3 is 2.22 bits per heavy atom. The van der Waals surface area contributed by atoms with Crippen molar-refractivity contribution in [1.82, 2.24) is 0 Å². The van der Waals surface area contributed by atoms with Gasteiger partial charge in [0.2, 0.25) is 0 Å². The van der Waals surface area contributed by atoms with Crippen LogP contribution in [-0.2, 0) is 14.0 Å². The molecule has 0 N–H and O–H groups in total. The first kappa shape index (κ1) is 21.7. The molecule has 0 atom stereocenters. The molecule has 150 valence electrons. The van der Waals surface area contributed by atoms with E-state index in [4.69, 9.17) is 14.0 Å². The molecule has 1 heterocycles. The molecule has 0 aromatic heterocycles. The predicted octanol–water partition coefficient (Wildman–Crippen LogP) is 4.93. The van der Waals surface area contributed by atoms with Crippen LogP contribution in [0.4, 0.5) is 17.6 Å². The lowest BCUT2D eigenvalue weighted by atomic mass is 9.82. The van der Waals surface area contributed by atoms with E-state index in [1.165, 1.54) is 19.2 Å². The maximum atomic E-state index is 15.2. The highest BCUT2D eigenvalue weighted by Gasteiger charge is 2.53. The summed E-state index contributed by atoms with van der Waals surface area (Å²) < 4.78 is 73.1. The SMILES string of the molecule is COCCC(=C(F)B1OC(C)(C)C(C)(C)O1)c1cccc(OC(F)(F)F)c1. The van der Waals surface area contributed by atoms with Gasteiger partial charge in [-0.25, -0.2) is 4.39 Å². The van der Waals surface area contributed by atoms with E-state index in [-0.39, 0.29) is 24.2 Å². The summed E-state index contributed by atoms with van der Waals surface area (Å²) in [5, 5.41) is 0. The summed E-state index contributed by atoms with van der Waals surface area (Å²) in [6, 6.07) is 5.14. The second-order valence-corrected chi connectivity index (χ2v) is 7.23. The van der Waals surface area contributed by atoms with Crippen LogP contribution in [0.15, 0.2) is 30.0 Å². The zero-order chi connectivity index (χ0) is 20.5. The molecule has 1 saturated heterocycles. The van der Waals surface area contributed by atoms with Crippen molar-refractivity contribution in [2.75, 3.05) is 13.7 Å². The lowest BCUT2D eigenvalue weighted by Crippen LogP contribution is -2.41. The fraction of sp³-hybridized carbons (Fsp3) is 0.556. The molecule has 27 heavy (non-hydrogen) atoms. The van der Waals surface area contributed by atoms with Gasteiger partial charge in [0.1, 0.15) is 11.5 Å². The summed E-state index contributed by atoms with van der Waals surface area (Å²) in [6.45, 7) is 7.31. The van der Waals surface area contributed by atoms with Crippen LogP contribution < -0.4 is 4.74 Å². The van der Waals surface area contributed by atoms with E-state index in [1.54, 1.807) is 27.7 Å². The Morgan fingerprint density at radius 2 is 1.70 bits per heavy atom. The van der Waals surface area contributed by atoms with Crippen molar-refractivity contribution >= 4 is 12.7 Å². The molecule has 0 bridgehead atoms. The van der Waals surface area contributed by atoms with Crippen molar-refractivity contribution in [3.63, 3.8) is 0 Å². The number of rotatable bonds is 6. The minimum absolute atomic E-state index is 0.127. The summed E-state index contributed by atoms with van der Waals surface area (Å²) >= 11 is 0. The summed E-state index contributed by atoms with van der Waals surface area (Å²) in [6.07, 6.45) is -4.71. The molecule has 9 heteroatoms.